The maximum atomic E-state index is 13.5. The Balaban J connectivity index is 2.72. The highest BCUT2D eigenvalue weighted by atomic mass is 35.5. The van der Waals surface area contributed by atoms with Gasteiger partial charge < -0.3 is 4.98 Å². The van der Waals surface area contributed by atoms with Crippen LogP contribution in [0.25, 0.3) is 11.3 Å². The predicted octanol–water partition coefficient (Wildman–Crippen LogP) is 4.25. The Labute approximate surface area is 106 Å². The fourth-order valence-corrected chi connectivity index (χ4v) is 1.82. The van der Waals surface area contributed by atoms with Crippen LogP contribution in [0.3, 0.4) is 0 Å². The SMILES string of the molecule is Fc1cnc(=S)[nH]c1-c1cccc(Cl)c1Cl. The van der Waals surface area contributed by atoms with Crippen LogP contribution in [-0.4, -0.2) is 9.97 Å². The van der Waals surface area contributed by atoms with Crippen LogP contribution in [0.1, 0.15) is 0 Å². The normalized spacial score (nSPS) is 10.4. The Hall–Kier alpha value is -0.970. The van der Waals surface area contributed by atoms with Crippen molar-refractivity contribution in [2.45, 2.75) is 0 Å². The molecule has 0 bridgehead atoms. The fraction of sp³-hybridized carbons (Fsp3) is 0. The number of hydrogen-bond donors (Lipinski definition) is 1. The second-order valence-corrected chi connectivity index (χ2v) is 4.18. The van der Waals surface area contributed by atoms with Crippen molar-refractivity contribution in [1.82, 2.24) is 9.97 Å². The van der Waals surface area contributed by atoms with Gasteiger partial charge in [-0.2, -0.15) is 0 Å². The Morgan fingerprint density at radius 2 is 2.06 bits per heavy atom. The summed E-state index contributed by atoms with van der Waals surface area (Å²) in [6, 6.07) is 4.96. The van der Waals surface area contributed by atoms with E-state index in [2.05, 4.69) is 9.97 Å². The van der Waals surface area contributed by atoms with Crippen molar-refractivity contribution < 1.29 is 4.39 Å². The molecule has 6 heteroatoms. The van der Waals surface area contributed by atoms with Crippen molar-refractivity contribution in [1.29, 1.82) is 0 Å². The van der Waals surface area contributed by atoms with Crippen LogP contribution >= 0.6 is 35.4 Å². The molecule has 0 aliphatic carbocycles. The molecule has 0 amide bonds. The van der Waals surface area contributed by atoms with Gasteiger partial charge in [0, 0.05) is 5.56 Å². The standard InChI is InChI=1S/C10H5Cl2FN2S/c11-6-3-1-2-5(8(6)12)9-7(13)4-14-10(16)15-9/h1-4H,(H,14,15,16). The quantitative estimate of drug-likeness (QED) is 0.788. The third kappa shape index (κ3) is 2.09. The van der Waals surface area contributed by atoms with Gasteiger partial charge in [0.2, 0.25) is 0 Å². The van der Waals surface area contributed by atoms with Gasteiger partial charge in [0.25, 0.3) is 0 Å². The molecule has 16 heavy (non-hydrogen) atoms. The molecule has 0 unspecified atom stereocenters. The molecular weight excluding hydrogens is 270 g/mol. The zero-order valence-corrected chi connectivity index (χ0v) is 10.1. The lowest BCUT2D eigenvalue weighted by Crippen LogP contribution is -1.93. The van der Waals surface area contributed by atoms with Crippen LogP contribution in [-0.2, 0) is 0 Å². The highest BCUT2D eigenvalue weighted by Gasteiger charge is 2.11. The predicted molar refractivity (Wildman–Crippen MR) is 64.8 cm³/mol. The Morgan fingerprint density at radius 1 is 1.31 bits per heavy atom. The number of halogens is 3. The summed E-state index contributed by atoms with van der Waals surface area (Å²) >= 11 is 16.7. The topological polar surface area (TPSA) is 28.7 Å². The number of aromatic nitrogens is 2. The molecule has 0 fully saturated rings. The first-order chi connectivity index (χ1) is 7.59. The second kappa shape index (κ2) is 4.49. The molecule has 1 aromatic carbocycles. The van der Waals surface area contributed by atoms with Gasteiger partial charge in [0.15, 0.2) is 10.6 Å². The van der Waals surface area contributed by atoms with E-state index in [4.69, 9.17) is 35.4 Å². The summed E-state index contributed by atoms with van der Waals surface area (Å²) < 4.78 is 13.7. The highest BCUT2D eigenvalue weighted by molar-refractivity contribution is 7.71. The van der Waals surface area contributed by atoms with Crippen molar-refractivity contribution in [3.63, 3.8) is 0 Å². The molecule has 82 valence electrons. The fourth-order valence-electron chi connectivity index (χ4n) is 1.27. The molecule has 2 nitrogen and oxygen atoms in total. The van der Waals surface area contributed by atoms with Crippen molar-refractivity contribution >= 4 is 35.4 Å². The first-order valence-corrected chi connectivity index (χ1v) is 5.45. The third-order valence-electron chi connectivity index (χ3n) is 1.99. The molecular formula is C10H5Cl2FN2S. The summed E-state index contributed by atoms with van der Waals surface area (Å²) in [5.41, 5.74) is 0.646. The van der Waals surface area contributed by atoms with Gasteiger partial charge in [0.1, 0.15) is 0 Å². The summed E-state index contributed by atoms with van der Waals surface area (Å²) in [4.78, 5) is 6.27. The van der Waals surface area contributed by atoms with Crippen LogP contribution in [0.5, 0.6) is 0 Å². The molecule has 0 saturated heterocycles. The van der Waals surface area contributed by atoms with E-state index >= 15 is 0 Å². The van der Waals surface area contributed by atoms with E-state index in [0.717, 1.165) is 6.20 Å². The molecule has 1 aromatic heterocycles. The summed E-state index contributed by atoms with van der Waals surface area (Å²) in [5, 5.41) is 0.634. The monoisotopic (exact) mass is 274 g/mol. The minimum atomic E-state index is -0.530. The number of aromatic amines is 1. The van der Waals surface area contributed by atoms with E-state index in [1.54, 1.807) is 18.2 Å². The number of hydrogen-bond acceptors (Lipinski definition) is 2. The molecule has 2 aromatic rings. The van der Waals surface area contributed by atoms with Crippen LogP contribution in [0.2, 0.25) is 10.0 Å². The van der Waals surface area contributed by atoms with Gasteiger partial charge in [-0.15, -0.1) is 0 Å². The summed E-state index contributed by atoms with van der Waals surface area (Å²) in [7, 11) is 0. The van der Waals surface area contributed by atoms with Gasteiger partial charge in [-0.1, -0.05) is 35.3 Å². The van der Waals surface area contributed by atoms with E-state index in [0.29, 0.717) is 10.6 Å². The first-order valence-electron chi connectivity index (χ1n) is 4.29. The van der Waals surface area contributed by atoms with Crippen molar-refractivity contribution in [3.8, 4) is 11.3 Å². The van der Waals surface area contributed by atoms with Crippen molar-refractivity contribution in [2.75, 3.05) is 0 Å². The molecule has 0 radical (unpaired) electrons. The third-order valence-corrected chi connectivity index (χ3v) is 3.01. The van der Waals surface area contributed by atoms with Crippen LogP contribution in [0, 0.1) is 10.6 Å². The highest BCUT2D eigenvalue weighted by Crippen LogP contribution is 2.33. The number of nitrogens with zero attached hydrogens (tertiary/aromatic N) is 1. The molecule has 0 aliphatic rings. The molecule has 1 heterocycles. The number of rotatable bonds is 1. The summed E-state index contributed by atoms with van der Waals surface area (Å²) in [6.07, 6.45) is 1.05. The van der Waals surface area contributed by atoms with Crippen LogP contribution in [0.4, 0.5) is 4.39 Å². The lowest BCUT2D eigenvalue weighted by Gasteiger charge is -2.06. The molecule has 0 saturated carbocycles. The molecule has 0 atom stereocenters. The Bertz CT molecular complexity index is 598. The Kier molecular flexibility index (Phi) is 3.23. The molecule has 1 N–H and O–H groups in total. The van der Waals surface area contributed by atoms with Gasteiger partial charge in [-0.3, -0.25) is 0 Å². The van der Waals surface area contributed by atoms with Crippen LogP contribution in [0.15, 0.2) is 24.4 Å². The van der Waals surface area contributed by atoms with Gasteiger partial charge >= 0.3 is 0 Å². The number of nitrogens with one attached hydrogen (secondary N) is 1. The van der Waals surface area contributed by atoms with Crippen molar-refractivity contribution in [2.24, 2.45) is 0 Å². The van der Waals surface area contributed by atoms with Gasteiger partial charge in [-0.05, 0) is 18.3 Å². The largest absolute Gasteiger partial charge is 0.328 e. The maximum absolute atomic E-state index is 13.5. The lowest BCUT2D eigenvalue weighted by atomic mass is 10.1. The van der Waals surface area contributed by atoms with E-state index in [9.17, 15) is 4.39 Å². The maximum Gasteiger partial charge on any atom is 0.197 e. The summed E-state index contributed by atoms with van der Waals surface area (Å²) in [5.74, 6) is -0.530. The van der Waals surface area contributed by atoms with E-state index in [-0.39, 0.29) is 15.5 Å². The van der Waals surface area contributed by atoms with E-state index < -0.39 is 5.82 Å². The summed E-state index contributed by atoms with van der Waals surface area (Å²) in [6.45, 7) is 0. The average Bonchev–Trinajstić information content (AvgIpc) is 2.26. The van der Waals surface area contributed by atoms with Gasteiger partial charge in [0.05, 0.1) is 21.9 Å². The lowest BCUT2D eigenvalue weighted by molar-refractivity contribution is 0.617. The minimum absolute atomic E-state index is 0.187. The smallest absolute Gasteiger partial charge is 0.197 e. The van der Waals surface area contributed by atoms with E-state index in [1.807, 2.05) is 0 Å². The molecule has 0 aliphatic heterocycles. The van der Waals surface area contributed by atoms with Crippen LogP contribution < -0.4 is 0 Å². The first kappa shape index (κ1) is 11.5. The Morgan fingerprint density at radius 3 is 2.81 bits per heavy atom. The zero-order valence-electron chi connectivity index (χ0n) is 7.80. The van der Waals surface area contributed by atoms with E-state index in [1.165, 1.54) is 0 Å². The van der Waals surface area contributed by atoms with Crippen molar-refractivity contribution in [3.05, 3.63) is 45.0 Å². The average molecular weight is 275 g/mol. The van der Waals surface area contributed by atoms with Gasteiger partial charge in [-0.25, -0.2) is 9.37 Å². The zero-order chi connectivity index (χ0) is 11.7. The molecule has 0 spiro atoms. The molecule has 2 rings (SSSR count). The second-order valence-electron chi connectivity index (χ2n) is 3.01. The number of benzene rings is 1. The number of H-pyrrole nitrogens is 1. The minimum Gasteiger partial charge on any atom is -0.328 e.